The largest absolute Gasteiger partial charge is 0.462 e. The van der Waals surface area contributed by atoms with Crippen LogP contribution in [0.2, 0.25) is 0 Å². The SMILES string of the molecule is CC(=O)O[C@H]1CC[C@]2(C)[C@H]3CC[C@]4(C)[C@@H]([C@H](C)CCCC(C)C)CC[C@H]4[C@@H]3C[C@H](OC(C)=O)[C@@]2(OC(C)=O)C1. The first-order chi connectivity index (χ1) is 18.2. The van der Waals surface area contributed by atoms with Gasteiger partial charge in [-0.25, -0.2) is 0 Å². The Balaban J connectivity index is 1.66. The van der Waals surface area contributed by atoms with Gasteiger partial charge in [0.15, 0.2) is 5.60 Å². The first-order valence-electron chi connectivity index (χ1n) is 15.8. The van der Waals surface area contributed by atoms with Gasteiger partial charge in [0.1, 0.15) is 12.2 Å². The molecule has 0 heterocycles. The van der Waals surface area contributed by atoms with Crippen LogP contribution in [0.5, 0.6) is 0 Å². The van der Waals surface area contributed by atoms with Crippen molar-refractivity contribution in [2.24, 2.45) is 46.3 Å². The minimum absolute atomic E-state index is 0.298. The second-order valence-electron chi connectivity index (χ2n) is 14.6. The molecule has 0 unspecified atom stereocenters. The molecule has 4 fully saturated rings. The van der Waals surface area contributed by atoms with Gasteiger partial charge in [-0.2, -0.15) is 0 Å². The summed E-state index contributed by atoms with van der Waals surface area (Å²) < 4.78 is 18.1. The Morgan fingerprint density at radius 3 is 2.13 bits per heavy atom. The molecule has 0 aromatic carbocycles. The monoisotopic (exact) mass is 546 g/mol. The van der Waals surface area contributed by atoms with Crippen LogP contribution in [0.3, 0.4) is 0 Å². The van der Waals surface area contributed by atoms with Gasteiger partial charge in [-0.05, 0) is 85.9 Å². The van der Waals surface area contributed by atoms with Crippen LogP contribution in [-0.2, 0) is 28.6 Å². The maximum Gasteiger partial charge on any atom is 0.303 e. The highest BCUT2D eigenvalue weighted by Gasteiger charge is 2.71. The Hall–Kier alpha value is -1.59. The van der Waals surface area contributed by atoms with E-state index in [1.807, 2.05) is 0 Å². The van der Waals surface area contributed by atoms with E-state index >= 15 is 0 Å². The predicted octanol–water partition coefficient (Wildman–Crippen LogP) is 7.27. The predicted molar refractivity (Wildman–Crippen MR) is 151 cm³/mol. The summed E-state index contributed by atoms with van der Waals surface area (Å²) in [4.78, 5) is 37.0. The molecule has 6 heteroatoms. The molecule has 0 aromatic heterocycles. The number of carbonyl (C=O) groups excluding carboxylic acids is 3. The van der Waals surface area contributed by atoms with E-state index in [0.717, 1.165) is 37.0 Å². The van der Waals surface area contributed by atoms with Crippen molar-refractivity contribution < 1.29 is 28.6 Å². The summed E-state index contributed by atoms with van der Waals surface area (Å²) in [6.07, 6.45) is 10.5. The van der Waals surface area contributed by atoms with Crippen molar-refractivity contribution in [2.45, 2.75) is 144 Å². The fraction of sp³-hybridized carbons (Fsp3) is 0.909. The average Bonchev–Trinajstić information content (AvgIpc) is 3.16. The molecule has 0 amide bonds. The summed E-state index contributed by atoms with van der Waals surface area (Å²) in [5.74, 6) is 2.58. The fourth-order valence-electron chi connectivity index (χ4n) is 10.4. The smallest absolute Gasteiger partial charge is 0.303 e. The van der Waals surface area contributed by atoms with Crippen molar-refractivity contribution in [3.05, 3.63) is 0 Å². The van der Waals surface area contributed by atoms with E-state index in [-0.39, 0.29) is 29.4 Å². The molecule has 222 valence electrons. The third-order valence-corrected chi connectivity index (χ3v) is 11.9. The average molecular weight is 547 g/mol. The van der Waals surface area contributed by atoms with Gasteiger partial charge in [0, 0.05) is 32.6 Å². The molecule has 0 saturated heterocycles. The Morgan fingerprint density at radius 1 is 0.821 bits per heavy atom. The van der Waals surface area contributed by atoms with E-state index in [1.54, 1.807) is 0 Å². The molecule has 39 heavy (non-hydrogen) atoms. The highest BCUT2D eigenvalue weighted by atomic mass is 16.6. The number of ether oxygens (including phenoxy) is 3. The third-order valence-electron chi connectivity index (χ3n) is 11.9. The van der Waals surface area contributed by atoms with Crippen LogP contribution >= 0.6 is 0 Å². The molecule has 0 spiro atoms. The number of esters is 3. The fourth-order valence-corrected chi connectivity index (χ4v) is 10.4. The van der Waals surface area contributed by atoms with Crippen molar-refractivity contribution >= 4 is 17.9 Å². The summed E-state index contributed by atoms with van der Waals surface area (Å²) >= 11 is 0. The molecule has 4 saturated carbocycles. The Bertz CT molecular complexity index is 929. The zero-order valence-electron chi connectivity index (χ0n) is 25.8. The van der Waals surface area contributed by atoms with Crippen LogP contribution in [-0.4, -0.2) is 35.7 Å². The van der Waals surface area contributed by atoms with Crippen LogP contribution in [0.15, 0.2) is 0 Å². The molecule has 0 radical (unpaired) electrons. The van der Waals surface area contributed by atoms with E-state index in [4.69, 9.17) is 14.2 Å². The van der Waals surface area contributed by atoms with Gasteiger partial charge in [-0.3, -0.25) is 14.4 Å². The summed E-state index contributed by atoms with van der Waals surface area (Å²) in [5.41, 5.74) is -1.04. The maximum absolute atomic E-state index is 12.6. The number of rotatable bonds is 8. The quantitative estimate of drug-likeness (QED) is 0.235. The van der Waals surface area contributed by atoms with E-state index < -0.39 is 11.7 Å². The van der Waals surface area contributed by atoms with Crippen molar-refractivity contribution in [3.8, 4) is 0 Å². The van der Waals surface area contributed by atoms with Crippen LogP contribution in [0.25, 0.3) is 0 Å². The molecule has 0 aliphatic heterocycles. The van der Waals surface area contributed by atoms with Gasteiger partial charge in [0.25, 0.3) is 0 Å². The van der Waals surface area contributed by atoms with Crippen LogP contribution < -0.4 is 0 Å². The van der Waals surface area contributed by atoms with Gasteiger partial charge in [-0.1, -0.05) is 53.9 Å². The molecule has 0 N–H and O–H groups in total. The molecule has 4 aliphatic carbocycles. The lowest BCUT2D eigenvalue weighted by Gasteiger charge is -2.66. The molecule has 6 nitrogen and oxygen atoms in total. The lowest BCUT2D eigenvalue weighted by Crippen LogP contribution is -2.70. The van der Waals surface area contributed by atoms with Gasteiger partial charge >= 0.3 is 17.9 Å². The normalized spacial score (nSPS) is 42.1. The molecule has 0 aromatic rings. The molecular weight excluding hydrogens is 492 g/mol. The lowest BCUT2D eigenvalue weighted by atomic mass is 9.42. The van der Waals surface area contributed by atoms with Crippen molar-refractivity contribution in [1.82, 2.24) is 0 Å². The number of fused-ring (bicyclic) bond motifs is 5. The molecule has 0 bridgehead atoms. The van der Waals surface area contributed by atoms with Gasteiger partial charge in [0.2, 0.25) is 0 Å². The zero-order valence-corrected chi connectivity index (χ0v) is 25.8. The molecule has 4 rings (SSSR count). The Kier molecular flexibility index (Phi) is 8.84. The highest BCUT2D eigenvalue weighted by Crippen LogP contribution is 2.70. The van der Waals surface area contributed by atoms with Crippen molar-refractivity contribution in [2.75, 3.05) is 0 Å². The van der Waals surface area contributed by atoms with E-state index in [0.29, 0.717) is 36.0 Å². The lowest BCUT2D eigenvalue weighted by molar-refractivity contribution is -0.279. The standard InChI is InChI=1S/C33H54O6/c1-20(2)10-9-11-21(3)27-12-13-28-26-18-30(38-23(5)35)33(39-24(6)36)19-25(37-22(4)34)14-17-32(33,8)29(26)15-16-31(27,28)7/h20-21,25-30H,9-19H2,1-8H3/t21-,25+,26+,27-,28+,29+,30+,31-,32-,33+/m1/s1. The second kappa shape index (κ2) is 11.4. The van der Waals surface area contributed by atoms with Crippen LogP contribution in [0.4, 0.5) is 0 Å². The Labute approximate surface area is 236 Å². The number of hydrogen-bond donors (Lipinski definition) is 0. The first kappa shape index (κ1) is 30.4. The van der Waals surface area contributed by atoms with E-state index in [1.165, 1.54) is 59.3 Å². The molecular formula is C33H54O6. The molecule has 10 atom stereocenters. The number of hydrogen-bond acceptors (Lipinski definition) is 6. The number of carbonyl (C=O) groups is 3. The summed E-state index contributed by atoms with van der Waals surface area (Å²) in [7, 11) is 0. The summed E-state index contributed by atoms with van der Waals surface area (Å²) in [6.45, 7) is 16.3. The topological polar surface area (TPSA) is 78.9 Å². The minimum atomic E-state index is -0.986. The third kappa shape index (κ3) is 5.52. The van der Waals surface area contributed by atoms with Crippen LogP contribution in [0, 0.1) is 46.3 Å². The van der Waals surface area contributed by atoms with Crippen molar-refractivity contribution in [3.63, 3.8) is 0 Å². The second-order valence-corrected chi connectivity index (χ2v) is 14.6. The maximum atomic E-state index is 12.6. The summed E-state index contributed by atoms with van der Waals surface area (Å²) in [6, 6.07) is 0. The Morgan fingerprint density at radius 2 is 1.51 bits per heavy atom. The molecule has 4 aliphatic rings. The van der Waals surface area contributed by atoms with Crippen molar-refractivity contribution in [1.29, 1.82) is 0 Å². The van der Waals surface area contributed by atoms with E-state index in [2.05, 4.69) is 34.6 Å². The highest BCUT2D eigenvalue weighted by molar-refractivity contribution is 5.68. The van der Waals surface area contributed by atoms with Gasteiger partial charge in [0.05, 0.1) is 0 Å². The van der Waals surface area contributed by atoms with E-state index in [9.17, 15) is 14.4 Å². The van der Waals surface area contributed by atoms with Gasteiger partial charge in [-0.15, -0.1) is 0 Å². The van der Waals surface area contributed by atoms with Gasteiger partial charge < -0.3 is 14.2 Å². The minimum Gasteiger partial charge on any atom is -0.462 e. The summed E-state index contributed by atoms with van der Waals surface area (Å²) in [5, 5.41) is 0. The zero-order chi connectivity index (χ0) is 28.8. The van der Waals surface area contributed by atoms with Crippen LogP contribution in [0.1, 0.15) is 126 Å². The first-order valence-corrected chi connectivity index (χ1v) is 15.8.